The normalized spacial score (nSPS) is 18.1. The van der Waals surface area contributed by atoms with Gasteiger partial charge in [-0.3, -0.25) is 4.79 Å². The lowest BCUT2D eigenvalue weighted by molar-refractivity contribution is -0.137. The van der Waals surface area contributed by atoms with Crippen molar-refractivity contribution in [2.24, 2.45) is 5.73 Å². The van der Waals surface area contributed by atoms with E-state index in [0.717, 1.165) is 25.0 Å². The van der Waals surface area contributed by atoms with Crippen molar-refractivity contribution < 1.29 is 22.7 Å². The van der Waals surface area contributed by atoms with E-state index in [-0.39, 0.29) is 6.04 Å². The molecule has 1 aromatic rings. The molecule has 1 amide bonds. The molecule has 1 aromatic carbocycles. The van der Waals surface area contributed by atoms with Crippen LogP contribution in [-0.4, -0.2) is 31.7 Å². The third kappa shape index (κ3) is 4.45. The van der Waals surface area contributed by atoms with Crippen LogP contribution >= 0.6 is 0 Å². The minimum atomic E-state index is -4.39. The summed E-state index contributed by atoms with van der Waals surface area (Å²) in [5.74, 6) is -1.20. The zero-order valence-corrected chi connectivity index (χ0v) is 12.0. The van der Waals surface area contributed by atoms with Gasteiger partial charge in [-0.25, -0.2) is 0 Å². The summed E-state index contributed by atoms with van der Waals surface area (Å²) in [5.41, 5.74) is 5.13. The van der Waals surface area contributed by atoms with E-state index in [1.807, 2.05) is 0 Å². The first-order chi connectivity index (χ1) is 10.4. The van der Waals surface area contributed by atoms with Crippen molar-refractivity contribution in [3.05, 3.63) is 35.4 Å². The number of ether oxygens (including phenoxy) is 1. The molecular formula is C15H19F3N2O2. The molecule has 0 aromatic heterocycles. The highest BCUT2D eigenvalue weighted by Gasteiger charge is 2.30. The number of benzene rings is 1. The van der Waals surface area contributed by atoms with E-state index < -0.39 is 23.6 Å². The first kappa shape index (κ1) is 16.8. The van der Waals surface area contributed by atoms with E-state index >= 15 is 0 Å². The van der Waals surface area contributed by atoms with Crippen molar-refractivity contribution >= 4 is 5.91 Å². The van der Waals surface area contributed by atoms with E-state index in [9.17, 15) is 18.0 Å². The van der Waals surface area contributed by atoms with Crippen molar-refractivity contribution in [2.45, 2.75) is 31.0 Å². The van der Waals surface area contributed by atoms with Gasteiger partial charge in [0.05, 0.1) is 11.5 Å². The second-order valence-electron chi connectivity index (χ2n) is 5.37. The molecule has 3 N–H and O–H groups in total. The van der Waals surface area contributed by atoms with Gasteiger partial charge in [0.1, 0.15) is 0 Å². The highest BCUT2D eigenvalue weighted by Crippen LogP contribution is 2.30. The number of alkyl halides is 3. The Labute approximate surface area is 126 Å². The number of halogens is 3. The van der Waals surface area contributed by atoms with Crippen LogP contribution in [0.15, 0.2) is 24.3 Å². The lowest BCUT2D eigenvalue weighted by Gasteiger charge is -2.25. The molecule has 22 heavy (non-hydrogen) atoms. The van der Waals surface area contributed by atoms with Gasteiger partial charge in [0.2, 0.25) is 5.91 Å². The largest absolute Gasteiger partial charge is 0.416 e. The lowest BCUT2D eigenvalue weighted by Crippen LogP contribution is -2.40. The zero-order chi connectivity index (χ0) is 16.2. The number of primary amides is 1. The van der Waals surface area contributed by atoms with Crippen LogP contribution in [0.25, 0.3) is 0 Å². The van der Waals surface area contributed by atoms with Crippen molar-refractivity contribution in [2.75, 3.05) is 19.8 Å². The van der Waals surface area contributed by atoms with E-state index in [1.165, 1.54) is 12.1 Å². The molecule has 122 valence electrons. The fourth-order valence-electron chi connectivity index (χ4n) is 2.47. The molecule has 0 saturated carbocycles. The summed E-state index contributed by atoms with van der Waals surface area (Å²) in [6.45, 7) is 1.64. The van der Waals surface area contributed by atoms with Gasteiger partial charge in [-0.05, 0) is 30.5 Å². The number of carbonyl (C=O) groups excluding carboxylic acids is 1. The highest BCUT2D eigenvalue weighted by molar-refractivity contribution is 5.82. The summed E-state index contributed by atoms with van der Waals surface area (Å²) >= 11 is 0. The van der Waals surface area contributed by atoms with Crippen LogP contribution in [-0.2, 0) is 15.7 Å². The van der Waals surface area contributed by atoms with Crippen LogP contribution in [0.5, 0.6) is 0 Å². The van der Waals surface area contributed by atoms with Gasteiger partial charge in [-0.2, -0.15) is 13.2 Å². The second-order valence-corrected chi connectivity index (χ2v) is 5.37. The van der Waals surface area contributed by atoms with E-state index in [2.05, 4.69) is 5.32 Å². The van der Waals surface area contributed by atoms with Gasteiger partial charge in [-0.15, -0.1) is 0 Å². The van der Waals surface area contributed by atoms with E-state index in [4.69, 9.17) is 10.5 Å². The molecule has 0 unspecified atom stereocenters. The number of carbonyl (C=O) groups is 1. The van der Waals surface area contributed by atoms with Gasteiger partial charge in [0.25, 0.3) is 0 Å². The number of nitrogens with one attached hydrogen (secondary N) is 1. The van der Waals surface area contributed by atoms with Crippen LogP contribution in [0.3, 0.4) is 0 Å². The lowest BCUT2D eigenvalue weighted by atomic mass is 9.96. The number of rotatable bonds is 5. The minimum absolute atomic E-state index is 0.241. The zero-order valence-electron chi connectivity index (χ0n) is 12.0. The molecule has 0 spiro atoms. The quantitative estimate of drug-likeness (QED) is 0.874. The molecule has 4 nitrogen and oxygen atoms in total. The Morgan fingerprint density at radius 1 is 1.27 bits per heavy atom. The molecule has 1 saturated heterocycles. The first-order valence-corrected chi connectivity index (χ1v) is 7.15. The van der Waals surface area contributed by atoms with Crippen molar-refractivity contribution in [3.63, 3.8) is 0 Å². The summed E-state index contributed by atoms with van der Waals surface area (Å²) in [4.78, 5) is 11.6. The standard InChI is InChI=1S/C15H19F3N2O2/c16-15(17,18)11-3-1-10(2-4-11)13(14(19)21)9-20-12-5-7-22-8-6-12/h1-4,12-13,20H,5-9H2,(H2,19,21)/t13-/m1/s1. The Balaban J connectivity index is 2.02. The number of nitrogens with two attached hydrogens (primary N) is 1. The van der Waals surface area contributed by atoms with Crippen molar-refractivity contribution in [1.82, 2.24) is 5.32 Å². The monoisotopic (exact) mass is 316 g/mol. The molecule has 2 rings (SSSR count). The third-order valence-corrected chi connectivity index (χ3v) is 3.82. The Morgan fingerprint density at radius 2 is 1.86 bits per heavy atom. The predicted octanol–water partition coefficient (Wildman–Crippen LogP) is 2.04. The van der Waals surface area contributed by atoms with Crippen LogP contribution in [0.1, 0.15) is 29.9 Å². The molecule has 0 aliphatic carbocycles. The summed E-state index contributed by atoms with van der Waals surface area (Å²) < 4.78 is 42.9. The average Bonchev–Trinajstić information content (AvgIpc) is 2.48. The molecule has 1 aliphatic heterocycles. The molecular weight excluding hydrogens is 297 g/mol. The van der Waals surface area contributed by atoms with Gasteiger partial charge < -0.3 is 15.8 Å². The maximum absolute atomic E-state index is 12.6. The molecule has 1 aliphatic rings. The molecule has 1 heterocycles. The number of amides is 1. The van der Waals surface area contributed by atoms with Gasteiger partial charge in [0, 0.05) is 25.8 Å². The SMILES string of the molecule is NC(=O)[C@H](CNC1CCOCC1)c1ccc(C(F)(F)F)cc1. The van der Waals surface area contributed by atoms with Gasteiger partial charge >= 0.3 is 6.18 Å². The maximum Gasteiger partial charge on any atom is 0.416 e. The highest BCUT2D eigenvalue weighted by atomic mass is 19.4. The first-order valence-electron chi connectivity index (χ1n) is 7.15. The summed E-state index contributed by atoms with van der Waals surface area (Å²) in [7, 11) is 0. The number of hydrogen-bond acceptors (Lipinski definition) is 3. The van der Waals surface area contributed by atoms with Crippen LogP contribution in [0.4, 0.5) is 13.2 Å². The maximum atomic E-state index is 12.6. The Bertz CT molecular complexity index is 497. The molecule has 7 heteroatoms. The molecule has 0 radical (unpaired) electrons. The van der Waals surface area contributed by atoms with Crippen LogP contribution < -0.4 is 11.1 Å². The molecule has 1 atom stereocenters. The van der Waals surface area contributed by atoms with Crippen molar-refractivity contribution in [1.29, 1.82) is 0 Å². The minimum Gasteiger partial charge on any atom is -0.381 e. The van der Waals surface area contributed by atoms with E-state index in [0.29, 0.717) is 25.3 Å². The van der Waals surface area contributed by atoms with Crippen molar-refractivity contribution in [3.8, 4) is 0 Å². The fraction of sp³-hybridized carbons (Fsp3) is 0.533. The second kappa shape index (κ2) is 7.11. The van der Waals surface area contributed by atoms with Gasteiger partial charge in [-0.1, -0.05) is 12.1 Å². The summed E-state index contributed by atoms with van der Waals surface area (Å²) in [6, 6.07) is 4.80. The summed E-state index contributed by atoms with van der Waals surface area (Å²) in [6.07, 6.45) is -2.70. The third-order valence-electron chi connectivity index (χ3n) is 3.82. The fourth-order valence-corrected chi connectivity index (χ4v) is 2.47. The Kier molecular flexibility index (Phi) is 5.42. The van der Waals surface area contributed by atoms with Crippen LogP contribution in [0.2, 0.25) is 0 Å². The molecule has 1 fully saturated rings. The Hall–Kier alpha value is -1.60. The number of hydrogen-bond donors (Lipinski definition) is 2. The topological polar surface area (TPSA) is 64.4 Å². The molecule has 0 bridgehead atoms. The smallest absolute Gasteiger partial charge is 0.381 e. The Morgan fingerprint density at radius 3 is 2.36 bits per heavy atom. The van der Waals surface area contributed by atoms with E-state index in [1.54, 1.807) is 0 Å². The van der Waals surface area contributed by atoms with Crippen LogP contribution in [0, 0.1) is 0 Å². The predicted molar refractivity (Wildman–Crippen MR) is 75.2 cm³/mol. The summed E-state index contributed by atoms with van der Waals surface area (Å²) in [5, 5.41) is 3.24. The average molecular weight is 316 g/mol. The van der Waals surface area contributed by atoms with Gasteiger partial charge in [0.15, 0.2) is 0 Å².